The van der Waals surface area contributed by atoms with E-state index in [-0.39, 0.29) is 18.2 Å². The fourth-order valence-corrected chi connectivity index (χ4v) is 1.46. The zero-order chi connectivity index (χ0) is 13.8. The quantitative estimate of drug-likeness (QED) is 0.608. The van der Waals surface area contributed by atoms with Crippen LogP contribution in [0.1, 0.15) is 50.2 Å². The molecular formula is C14H19NO3. The van der Waals surface area contributed by atoms with Crippen LogP contribution in [0.5, 0.6) is 0 Å². The maximum Gasteiger partial charge on any atom is 0.310 e. The lowest BCUT2D eigenvalue weighted by Gasteiger charge is -2.19. The highest BCUT2D eigenvalue weighted by Crippen LogP contribution is 2.11. The van der Waals surface area contributed by atoms with E-state index in [1.165, 1.54) is 0 Å². The van der Waals surface area contributed by atoms with Crippen LogP contribution in [0.3, 0.4) is 0 Å². The number of Topliss-reactive ketones (excluding diaryl/α,β-unsaturated/α-hetero) is 1. The van der Waals surface area contributed by atoms with Crippen molar-refractivity contribution in [2.75, 3.05) is 0 Å². The number of hydrogen-bond donors (Lipinski definition) is 0. The SMILES string of the molecule is CCC(=O)c1cc(CC(=O)OC(C)(C)C)ccn1. The second-order valence-corrected chi connectivity index (χ2v) is 5.09. The molecule has 0 aromatic carbocycles. The number of pyridine rings is 1. The standard InChI is InChI=1S/C14H19NO3/c1-5-12(16)11-8-10(6-7-15-11)9-13(17)18-14(2,3)4/h6-8H,5,9H2,1-4H3. The summed E-state index contributed by atoms with van der Waals surface area (Å²) in [6.45, 7) is 7.25. The van der Waals surface area contributed by atoms with E-state index in [1.54, 1.807) is 25.3 Å². The fraction of sp³-hybridized carbons (Fsp3) is 0.500. The monoisotopic (exact) mass is 249 g/mol. The average molecular weight is 249 g/mol. The summed E-state index contributed by atoms with van der Waals surface area (Å²) in [7, 11) is 0. The summed E-state index contributed by atoms with van der Waals surface area (Å²) >= 11 is 0. The molecule has 18 heavy (non-hydrogen) atoms. The van der Waals surface area contributed by atoms with Crippen molar-refractivity contribution in [3.63, 3.8) is 0 Å². The molecule has 0 unspecified atom stereocenters. The highest BCUT2D eigenvalue weighted by atomic mass is 16.6. The minimum Gasteiger partial charge on any atom is -0.460 e. The molecule has 4 nitrogen and oxygen atoms in total. The van der Waals surface area contributed by atoms with E-state index in [2.05, 4.69) is 4.98 Å². The molecule has 0 saturated carbocycles. The van der Waals surface area contributed by atoms with Crippen molar-refractivity contribution in [2.45, 2.75) is 46.1 Å². The van der Waals surface area contributed by atoms with Gasteiger partial charge in [-0.3, -0.25) is 14.6 Å². The van der Waals surface area contributed by atoms with E-state index in [1.807, 2.05) is 20.8 Å². The van der Waals surface area contributed by atoms with Gasteiger partial charge >= 0.3 is 5.97 Å². The predicted molar refractivity (Wildman–Crippen MR) is 68.4 cm³/mol. The van der Waals surface area contributed by atoms with Crippen LogP contribution in [0.4, 0.5) is 0 Å². The molecule has 0 saturated heterocycles. The molecular weight excluding hydrogens is 230 g/mol. The summed E-state index contributed by atoms with van der Waals surface area (Å²) in [5, 5.41) is 0. The number of nitrogens with zero attached hydrogens (tertiary/aromatic N) is 1. The Kier molecular flexibility index (Phi) is 4.59. The Hall–Kier alpha value is -1.71. The molecule has 0 bridgehead atoms. The second-order valence-electron chi connectivity index (χ2n) is 5.09. The van der Waals surface area contributed by atoms with E-state index in [0.717, 1.165) is 5.56 Å². The van der Waals surface area contributed by atoms with Crippen LogP contribution in [0, 0.1) is 0 Å². The lowest BCUT2D eigenvalue weighted by atomic mass is 10.1. The molecule has 98 valence electrons. The molecule has 1 aromatic heterocycles. The molecule has 4 heteroatoms. The minimum absolute atomic E-state index is 0.0268. The van der Waals surface area contributed by atoms with Gasteiger partial charge in [-0.2, -0.15) is 0 Å². The van der Waals surface area contributed by atoms with E-state index in [0.29, 0.717) is 12.1 Å². The first kappa shape index (κ1) is 14.4. The number of rotatable bonds is 4. The van der Waals surface area contributed by atoms with Gasteiger partial charge in [0.05, 0.1) is 6.42 Å². The molecule has 1 aromatic rings. The maximum atomic E-state index is 11.7. The van der Waals surface area contributed by atoms with Gasteiger partial charge in [-0.05, 0) is 38.5 Å². The molecule has 1 rings (SSSR count). The van der Waals surface area contributed by atoms with Gasteiger partial charge in [0.25, 0.3) is 0 Å². The van der Waals surface area contributed by atoms with Gasteiger partial charge in [0.1, 0.15) is 11.3 Å². The smallest absolute Gasteiger partial charge is 0.310 e. The number of carbonyl (C=O) groups is 2. The number of esters is 1. The van der Waals surface area contributed by atoms with Crippen molar-refractivity contribution < 1.29 is 14.3 Å². The van der Waals surface area contributed by atoms with E-state index in [4.69, 9.17) is 4.74 Å². The van der Waals surface area contributed by atoms with Gasteiger partial charge in [-0.1, -0.05) is 6.92 Å². The van der Waals surface area contributed by atoms with Gasteiger partial charge in [0, 0.05) is 12.6 Å². The number of carbonyl (C=O) groups excluding carboxylic acids is 2. The van der Waals surface area contributed by atoms with Gasteiger partial charge in [0.2, 0.25) is 0 Å². The second kappa shape index (κ2) is 5.76. The third-order valence-corrected chi connectivity index (χ3v) is 2.20. The first-order valence-electron chi connectivity index (χ1n) is 6.02. The number of ether oxygens (including phenoxy) is 1. The van der Waals surface area contributed by atoms with Crippen LogP contribution in [-0.2, 0) is 16.0 Å². The van der Waals surface area contributed by atoms with Gasteiger partial charge in [0.15, 0.2) is 5.78 Å². The van der Waals surface area contributed by atoms with Gasteiger partial charge < -0.3 is 4.74 Å². The Morgan fingerprint density at radius 2 is 2.00 bits per heavy atom. The van der Waals surface area contributed by atoms with Crippen molar-refractivity contribution in [1.29, 1.82) is 0 Å². The Labute approximate surface area is 107 Å². The van der Waals surface area contributed by atoms with Crippen LogP contribution in [0.15, 0.2) is 18.3 Å². The highest BCUT2D eigenvalue weighted by molar-refractivity contribution is 5.94. The molecule has 0 radical (unpaired) electrons. The number of ketones is 1. The third kappa shape index (κ3) is 4.65. The average Bonchev–Trinajstić information content (AvgIpc) is 2.25. The molecule has 0 amide bonds. The minimum atomic E-state index is -0.494. The Bertz CT molecular complexity index is 447. The van der Waals surface area contributed by atoms with Gasteiger partial charge in [-0.15, -0.1) is 0 Å². The van der Waals surface area contributed by atoms with E-state index >= 15 is 0 Å². The summed E-state index contributed by atoms with van der Waals surface area (Å²) < 4.78 is 5.22. The van der Waals surface area contributed by atoms with E-state index in [9.17, 15) is 9.59 Å². The van der Waals surface area contributed by atoms with Crippen LogP contribution >= 0.6 is 0 Å². The fourth-order valence-electron chi connectivity index (χ4n) is 1.46. The molecule has 0 aliphatic carbocycles. The topological polar surface area (TPSA) is 56.3 Å². The van der Waals surface area contributed by atoms with Crippen molar-refractivity contribution in [1.82, 2.24) is 4.98 Å². The molecule has 0 aliphatic heterocycles. The summed E-state index contributed by atoms with van der Waals surface area (Å²) in [6.07, 6.45) is 2.11. The molecule has 0 aliphatic rings. The Balaban J connectivity index is 2.74. The maximum absolute atomic E-state index is 11.7. The normalized spacial score (nSPS) is 11.1. The summed E-state index contributed by atoms with van der Waals surface area (Å²) in [6, 6.07) is 3.37. The van der Waals surface area contributed by atoms with Crippen LogP contribution in [0.25, 0.3) is 0 Å². The van der Waals surface area contributed by atoms with Crippen molar-refractivity contribution in [2.24, 2.45) is 0 Å². The Morgan fingerprint density at radius 3 is 2.56 bits per heavy atom. The molecule has 1 heterocycles. The summed E-state index contributed by atoms with van der Waals surface area (Å²) in [5.74, 6) is -0.329. The van der Waals surface area contributed by atoms with Crippen LogP contribution in [-0.4, -0.2) is 22.3 Å². The molecule has 0 spiro atoms. The zero-order valence-corrected chi connectivity index (χ0v) is 11.3. The highest BCUT2D eigenvalue weighted by Gasteiger charge is 2.17. The first-order chi connectivity index (χ1) is 8.31. The van der Waals surface area contributed by atoms with Crippen molar-refractivity contribution in [3.8, 4) is 0 Å². The van der Waals surface area contributed by atoms with Crippen LogP contribution < -0.4 is 0 Å². The third-order valence-electron chi connectivity index (χ3n) is 2.20. The number of aromatic nitrogens is 1. The molecule has 0 N–H and O–H groups in total. The summed E-state index contributed by atoms with van der Waals surface area (Å²) in [5.41, 5.74) is 0.654. The van der Waals surface area contributed by atoms with Gasteiger partial charge in [-0.25, -0.2) is 0 Å². The lowest BCUT2D eigenvalue weighted by Crippen LogP contribution is -2.25. The predicted octanol–water partition coefficient (Wildman–Crippen LogP) is 2.56. The first-order valence-corrected chi connectivity index (χ1v) is 6.02. The Morgan fingerprint density at radius 1 is 1.33 bits per heavy atom. The molecule has 0 atom stereocenters. The van der Waals surface area contributed by atoms with E-state index < -0.39 is 5.60 Å². The van der Waals surface area contributed by atoms with Crippen molar-refractivity contribution >= 4 is 11.8 Å². The number of hydrogen-bond acceptors (Lipinski definition) is 4. The van der Waals surface area contributed by atoms with Crippen molar-refractivity contribution in [3.05, 3.63) is 29.6 Å². The largest absolute Gasteiger partial charge is 0.460 e. The summed E-state index contributed by atoms with van der Waals surface area (Å²) in [4.78, 5) is 27.1. The zero-order valence-electron chi connectivity index (χ0n) is 11.3. The molecule has 0 fully saturated rings. The lowest BCUT2D eigenvalue weighted by molar-refractivity contribution is -0.153. The van der Waals surface area contributed by atoms with Crippen LogP contribution in [0.2, 0.25) is 0 Å².